The number of carbonyl (C=O) groups excluding carboxylic acids is 3. The van der Waals surface area contributed by atoms with Crippen molar-refractivity contribution in [3.05, 3.63) is 82.1 Å². The van der Waals surface area contributed by atoms with Crippen molar-refractivity contribution in [2.24, 2.45) is 5.73 Å². The molecule has 0 atom stereocenters. The first-order chi connectivity index (χ1) is 15.8. The number of anilines is 1. The second-order valence-corrected chi connectivity index (χ2v) is 7.97. The third-order valence-electron chi connectivity index (χ3n) is 4.67. The average molecular weight is 469 g/mol. The maximum atomic E-state index is 12.7. The van der Waals surface area contributed by atoms with Gasteiger partial charge in [-0.2, -0.15) is 0 Å². The molecular formula is C24H24N2O6S. The first-order valence-electron chi connectivity index (χ1n) is 10.2. The molecule has 33 heavy (non-hydrogen) atoms. The number of carbonyl (C=O) groups is 3. The van der Waals surface area contributed by atoms with Crippen LogP contribution >= 0.6 is 11.3 Å². The van der Waals surface area contributed by atoms with Gasteiger partial charge in [0.05, 0.1) is 17.0 Å². The fraction of sp³-hybridized carbons (Fsp3) is 0.208. The van der Waals surface area contributed by atoms with Crippen molar-refractivity contribution in [1.29, 1.82) is 0 Å². The molecule has 3 aromatic rings. The van der Waals surface area contributed by atoms with Gasteiger partial charge in [0, 0.05) is 0 Å². The van der Waals surface area contributed by atoms with Crippen LogP contribution in [0, 0.1) is 6.92 Å². The van der Waals surface area contributed by atoms with Crippen LogP contribution in [0.15, 0.2) is 53.5 Å². The predicted molar refractivity (Wildman–Crippen MR) is 125 cm³/mol. The van der Waals surface area contributed by atoms with Crippen LogP contribution in [0.3, 0.4) is 0 Å². The van der Waals surface area contributed by atoms with Crippen molar-refractivity contribution in [2.45, 2.75) is 26.9 Å². The molecule has 0 saturated carbocycles. The number of nitrogens with one attached hydrogen (secondary N) is 1. The summed E-state index contributed by atoms with van der Waals surface area (Å²) in [6.07, 6.45) is 2.45. The molecule has 0 radical (unpaired) electrons. The van der Waals surface area contributed by atoms with Gasteiger partial charge in [0.15, 0.2) is 5.76 Å². The van der Waals surface area contributed by atoms with Crippen molar-refractivity contribution in [3.8, 4) is 5.75 Å². The van der Waals surface area contributed by atoms with E-state index in [1.54, 1.807) is 26.0 Å². The SMILES string of the molecule is C=CCc1ccccc1OCc1ccc(C(=O)Nc2sc(C(N)=O)c(C)c2C(=O)OCC)o1. The molecule has 2 aromatic heterocycles. The fourth-order valence-electron chi connectivity index (χ4n) is 3.15. The molecule has 8 nitrogen and oxygen atoms in total. The van der Waals surface area contributed by atoms with Crippen LogP contribution < -0.4 is 15.8 Å². The maximum absolute atomic E-state index is 12.7. The van der Waals surface area contributed by atoms with E-state index in [-0.39, 0.29) is 34.4 Å². The quantitative estimate of drug-likeness (QED) is 0.334. The Morgan fingerprint density at radius 1 is 1.21 bits per heavy atom. The van der Waals surface area contributed by atoms with Gasteiger partial charge < -0.3 is 24.9 Å². The van der Waals surface area contributed by atoms with Gasteiger partial charge in [0.1, 0.15) is 23.1 Å². The summed E-state index contributed by atoms with van der Waals surface area (Å²) in [7, 11) is 0. The fourth-order valence-corrected chi connectivity index (χ4v) is 4.19. The van der Waals surface area contributed by atoms with E-state index in [0.717, 1.165) is 16.9 Å². The predicted octanol–water partition coefficient (Wildman–Crippen LogP) is 4.48. The minimum absolute atomic E-state index is 0.0227. The lowest BCUT2D eigenvalue weighted by atomic mass is 10.1. The molecule has 2 heterocycles. The number of thiophene rings is 1. The number of primary amides is 1. The van der Waals surface area contributed by atoms with Crippen LogP contribution in [0.1, 0.15) is 54.4 Å². The lowest BCUT2D eigenvalue weighted by Gasteiger charge is -2.09. The number of nitrogens with two attached hydrogens (primary N) is 1. The Hall–Kier alpha value is -3.85. The molecular weight excluding hydrogens is 444 g/mol. The zero-order valence-corrected chi connectivity index (χ0v) is 19.1. The third-order valence-corrected chi connectivity index (χ3v) is 5.89. The first kappa shape index (κ1) is 23.8. The molecule has 1 aromatic carbocycles. The highest BCUT2D eigenvalue weighted by atomic mass is 32.1. The van der Waals surface area contributed by atoms with Crippen LogP contribution in [0.5, 0.6) is 5.75 Å². The number of para-hydroxylation sites is 1. The van der Waals surface area contributed by atoms with E-state index in [1.807, 2.05) is 24.3 Å². The standard InChI is InChI=1S/C24H24N2O6S/c1-4-8-15-9-6-7-10-17(15)31-13-16-11-12-18(32-16)22(28)26-23-19(24(29)30-5-2)14(3)20(33-23)21(25)27/h4,6-7,9-12H,1,5,8,13H2,2-3H3,(H2,25,27)(H,26,28). The van der Waals surface area contributed by atoms with Crippen molar-refractivity contribution in [3.63, 3.8) is 0 Å². The van der Waals surface area contributed by atoms with Crippen LogP contribution in [0.25, 0.3) is 0 Å². The van der Waals surface area contributed by atoms with E-state index >= 15 is 0 Å². The molecule has 0 aliphatic heterocycles. The number of benzene rings is 1. The molecule has 172 valence electrons. The number of hydrogen-bond donors (Lipinski definition) is 2. The highest BCUT2D eigenvalue weighted by Gasteiger charge is 2.26. The minimum atomic E-state index is -0.697. The Kier molecular flexibility index (Phi) is 7.68. The monoisotopic (exact) mass is 468 g/mol. The number of amides is 2. The van der Waals surface area contributed by atoms with Gasteiger partial charge in [-0.05, 0) is 49.6 Å². The first-order valence-corrected chi connectivity index (χ1v) is 11.0. The molecule has 9 heteroatoms. The van der Waals surface area contributed by atoms with Crippen molar-refractivity contribution >= 4 is 34.1 Å². The molecule has 0 saturated heterocycles. The average Bonchev–Trinajstić information content (AvgIpc) is 3.38. The normalized spacial score (nSPS) is 10.5. The number of esters is 1. The minimum Gasteiger partial charge on any atom is -0.485 e. The second-order valence-electron chi connectivity index (χ2n) is 6.95. The lowest BCUT2D eigenvalue weighted by Crippen LogP contribution is -2.14. The van der Waals surface area contributed by atoms with Gasteiger partial charge in [0.2, 0.25) is 0 Å². The lowest BCUT2D eigenvalue weighted by molar-refractivity contribution is 0.0527. The number of furan rings is 1. The maximum Gasteiger partial charge on any atom is 0.341 e. The van der Waals surface area contributed by atoms with E-state index in [1.165, 1.54) is 6.07 Å². The Labute approximate surface area is 195 Å². The summed E-state index contributed by atoms with van der Waals surface area (Å²) in [6.45, 7) is 7.25. The number of allylic oxidation sites excluding steroid dienone is 1. The van der Waals surface area contributed by atoms with Gasteiger partial charge in [-0.15, -0.1) is 17.9 Å². The molecule has 3 N–H and O–H groups in total. The van der Waals surface area contributed by atoms with E-state index in [9.17, 15) is 14.4 Å². The summed E-state index contributed by atoms with van der Waals surface area (Å²) in [5.41, 5.74) is 6.83. The molecule has 0 spiro atoms. The van der Waals surface area contributed by atoms with E-state index in [2.05, 4.69) is 11.9 Å². The van der Waals surface area contributed by atoms with Gasteiger partial charge >= 0.3 is 5.97 Å². The van der Waals surface area contributed by atoms with Gasteiger partial charge in [-0.25, -0.2) is 4.79 Å². The highest BCUT2D eigenvalue weighted by Crippen LogP contribution is 2.34. The van der Waals surface area contributed by atoms with E-state index in [0.29, 0.717) is 23.5 Å². The number of hydrogen-bond acceptors (Lipinski definition) is 7. The van der Waals surface area contributed by atoms with Gasteiger partial charge in [-0.3, -0.25) is 9.59 Å². The topological polar surface area (TPSA) is 121 Å². The van der Waals surface area contributed by atoms with Crippen LogP contribution in [0.2, 0.25) is 0 Å². The molecule has 2 amide bonds. The molecule has 3 rings (SSSR count). The summed E-state index contributed by atoms with van der Waals surface area (Å²) in [4.78, 5) is 37.0. The molecule has 0 aliphatic carbocycles. The van der Waals surface area contributed by atoms with Gasteiger partial charge in [0.25, 0.3) is 11.8 Å². The summed E-state index contributed by atoms with van der Waals surface area (Å²) in [5.74, 6) is -0.768. The molecule has 0 bridgehead atoms. The van der Waals surface area contributed by atoms with Gasteiger partial charge in [-0.1, -0.05) is 24.3 Å². The van der Waals surface area contributed by atoms with E-state index < -0.39 is 17.8 Å². The zero-order valence-electron chi connectivity index (χ0n) is 18.3. The Morgan fingerprint density at radius 2 is 1.97 bits per heavy atom. The van der Waals surface area contributed by atoms with E-state index in [4.69, 9.17) is 19.6 Å². The zero-order chi connectivity index (χ0) is 24.0. The third kappa shape index (κ3) is 5.50. The van der Waals surface area contributed by atoms with Crippen LogP contribution in [-0.4, -0.2) is 24.4 Å². The molecule has 0 aliphatic rings. The molecule has 0 fully saturated rings. The van der Waals surface area contributed by atoms with Crippen molar-refractivity contribution in [1.82, 2.24) is 0 Å². The second kappa shape index (κ2) is 10.6. The highest BCUT2D eigenvalue weighted by molar-refractivity contribution is 7.18. The Morgan fingerprint density at radius 3 is 2.67 bits per heavy atom. The van der Waals surface area contributed by atoms with Crippen LogP contribution in [0.4, 0.5) is 5.00 Å². The Balaban J connectivity index is 1.75. The molecule has 0 unspecified atom stereocenters. The smallest absolute Gasteiger partial charge is 0.341 e. The Bertz CT molecular complexity index is 1190. The van der Waals surface area contributed by atoms with Crippen LogP contribution in [-0.2, 0) is 17.8 Å². The number of ether oxygens (including phenoxy) is 2. The van der Waals surface area contributed by atoms with Crippen molar-refractivity contribution < 1.29 is 28.3 Å². The summed E-state index contributed by atoms with van der Waals surface area (Å²) < 4.78 is 16.5. The largest absolute Gasteiger partial charge is 0.485 e. The summed E-state index contributed by atoms with van der Waals surface area (Å²) >= 11 is 0.910. The number of rotatable bonds is 10. The summed E-state index contributed by atoms with van der Waals surface area (Å²) in [5, 5.41) is 2.78. The summed E-state index contributed by atoms with van der Waals surface area (Å²) in [6, 6.07) is 10.7. The van der Waals surface area contributed by atoms with Crippen molar-refractivity contribution in [2.75, 3.05) is 11.9 Å².